The molecule has 0 spiro atoms. The summed E-state index contributed by atoms with van der Waals surface area (Å²) in [5, 5.41) is 0. The van der Waals surface area contributed by atoms with Gasteiger partial charge in [0, 0.05) is 0 Å². The lowest BCUT2D eigenvalue weighted by molar-refractivity contribution is 1.46. The molecule has 0 aliphatic rings. The summed E-state index contributed by atoms with van der Waals surface area (Å²) in [5.41, 5.74) is 2.53. The summed E-state index contributed by atoms with van der Waals surface area (Å²) >= 11 is 0. The molecule has 0 atom stereocenters. The molecule has 0 heteroatoms. The first-order valence-corrected chi connectivity index (χ1v) is 4.15. The van der Waals surface area contributed by atoms with Gasteiger partial charge in [0.25, 0.3) is 0 Å². The number of aryl methyl sites for hydroxylation is 2. The monoisotopic (exact) mass is 158 g/mol. The third-order valence-corrected chi connectivity index (χ3v) is 1.66. The van der Waals surface area contributed by atoms with Crippen LogP contribution in [0, 0.1) is 13.8 Å². The zero-order chi connectivity index (χ0) is 8.81. The lowest BCUT2D eigenvalue weighted by atomic mass is 10.2. The maximum absolute atomic E-state index is 2.10. The highest BCUT2D eigenvalue weighted by Gasteiger charge is 1.74. The Hall–Kier alpha value is -1.30. The van der Waals surface area contributed by atoms with Gasteiger partial charge in [0.15, 0.2) is 0 Å². The molecule has 1 rings (SSSR count). The van der Waals surface area contributed by atoms with E-state index in [9.17, 15) is 0 Å². The van der Waals surface area contributed by atoms with E-state index in [-0.39, 0.29) is 0 Å². The molecule has 0 aliphatic carbocycles. The first kappa shape index (κ1) is 8.79. The van der Waals surface area contributed by atoms with Crippen LogP contribution in [0.15, 0.2) is 48.5 Å². The number of hydrogen-bond donors (Lipinski definition) is 0. The van der Waals surface area contributed by atoms with Crippen molar-refractivity contribution in [3.05, 3.63) is 59.7 Å². The van der Waals surface area contributed by atoms with Gasteiger partial charge in [-0.25, -0.2) is 0 Å². The van der Waals surface area contributed by atoms with Crippen LogP contribution in [0.5, 0.6) is 0 Å². The quantitative estimate of drug-likeness (QED) is 0.542. The van der Waals surface area contributed by atoms with Gasteiger partial charge in [-0.05, 0) is 13.8 Å². The van der Waals surface area contributed by atoms with Crippen molar-refractivity contribution < 1.29 is 0 Å². The van der Waals surface area contributed by atoms with Crippen LogP contribution in [-0.2, 0) is 0 Å². The minimum Gasteiger partial charge on any atom is -0.0620 e. The van der Waals surface area contributed by atoms with Crippen LogP contribution < -0.4 is 0 Å². The molecule has 0 saturated carbocycles. The average Bonchev–Trinajstić information content (AvgIpc) is 2.06. The van der Waals surface area contributed by atoms with Crippen molar-refractivity contribution in [1.82, 2.24) is 0 Å². The van der Waals surface area contributed by atoms with Crippen molar-refractivity contribution in [2.45, 2.75) is 13.8 Å². The Bertz CT molecular complexity index is 239. The van der Waals surface area contributed by atoms with E-state index in [4.69, 9.17) is 0 Å². The molecule has 0 heterocycles. The molecule has 0 unspecified atom stereocenters. The summed E-state index contributed by atoms with van der Waals surface area (Å²) in [5.74, 6) is 0. The second kappa shape index (κ2) is 4.55. The molecule has 1 aromatic carbocycles. The molecular weight excluding hydrogens is 144 g/mol. The fourth-order valence-corrected chi connectivity index (χ4v) is 0.940. The molecule has 12 heavy (non-hydrogen) atoms. The van der Waals surface area contributed by atoms with Crippen LogP contribution >= 0.6 is 0 Å². The maximum Gasteiger partial charge on any atom is -0.0398 e. The lowest BCUT2D eigenvalue weighted by Gasteiger charge is -1.84. The van der Waals surface area contributed by atoms with Crippen LogP contribution in [0.4, 0.5) is 0 Å². The second-order valence-corrected chi connectivity index (χ2v) is 2.92. The van der Waals surface area contributed by atoms with Crippen LogP contribution in [0.2, 0.25) is 0 Å². The molecule has 0 bridgehead atoms. The Morgan fingerprint density at radius 3 is 1.08 bits per heavy atom. The standard InChI is InChI=1S/C12H14/c1-11-7-3-5-9-12(2)10-6-4-8-11/h3-10H,1-2H3. The van der Waals surface area contributed by atoms with Gasteiger partial charge in [0.1, 0.15) is 0 Å². The largest absolute Gasteiger partial charge is 0.0620 e. The third-order valence-electron chi connectivity index (χ3n) is 1.66. The summed E-state index contributed by atoms with van der Waals surface area (Å²) in [7, 11) is 0. The number of rotatable bonds is 0. The van der Waals surface area contributed by atoms with Crippen molar-refractivity contribution in [1.29, 1.82) is 0 Å². The predicted molar refractivity (Wildman–Crippen MR) is 53.5 cm³/mol. The van der Waals surface area contributed by atoms with E-state index in [1.165, 1.54) is 11.1 Å². The summed E-state index contributed by atoms with van der Waals surface area (Å²) in [6.07, 6.45) is 0. The van der Waals surface area contributed by atoms with E-state index >= 15 is 0 Å². The molecule has 0 fully saturated rings. The van der Waals surface area contributed by atoms with E-state index in [1.54, 1.807) is 0 Å². The Balaban J connectivity index is 3.18. The highest BCUT2D eigenvalue weighted by Crippen LogP contribution is 1.94. The minimum absolute atomic E-state index is 1.27. The van der Waals surface area contributed by atoms with Crippen molar-refractivity contribution in [2.24, 2.45) is 0 Å². The van der Waals surface area contributed by atoms with Gasteiger partial charge < -0.3 is 0 Å². The van der Waals surface area contributed by atoms with Crippen molar-refractivity contribution in [2.75, 3.05) is 0 Å². The fraction of sp³-hybridized carbons (Fsp3) is 0.167. The predicted octanol–water partition coefficient (Wildman–Crippen LogP) is 3.43. The van der Waals surface area contributed by atoms with Crippen LogP contribution in [0.25, 0.3) is 0 Å². The van der Waals surface area contributed by atoms with E-state index < -0.39 is 0 Å². The molecule has 0 N–H and O–H groups in total. The molecule has 1 aromatic rings. The SMILES string of the molecule is Cc1ccccc(C)cccc1. The Morgan fingerprint density at radius 1 is 0.583 bits per heavy atom. The van der Waals surface area contributed by atoms with E-state index in [1.807, 2.05) is 0 Å². The molecular formula is C12H14. The number of hydrogen-bond acceptors (Lipinski definition) is 0. The average molecular weight is 158 g/mol. The van der Waals surface area contributed by atoms with Crippen LogP contribution in [0.3, 0.4) is 0 Å². The van der Waals surface area contributed by atoms with Crippen molar-refractivity contribution in [3.8, 4) is 0 Å². The summed E-state index contributed by atoms with van der Waals surface area (Å²) < 4.78 is 0. The Morgan fingerprint density at radius 2 is 0.833 bits per heavy atom. The van der Waals surface area contributed by atoms with Crippen LogP contribution in [0.1, 0.15) is 11.1 Å². The van der Waals surface area contributed by atoms with E-state index in [0.717, 1.165) is 0 Å². The van der Waals surface area contributed by atoms with Gasteiger partial charge in [-0.1, -0.05) is 59.7 Å². The zero-order valence-electron chi connectivity index (χ0n) is 7.62. The third kappa shape index (κ3) is 3.20. The summed E-state index contributed by atoms with van der Waals surface area (Å²) in [4.78, 5) is 0. The smallest absolute Gasteiger partial charge is 0.0398 e. The highest BCUT2D eigenvalue weighted by molar-refractivity contribution is 5.13. The molecule has 62 valence electrons. The van der Waals surface area contributed by atoms with Crippen LogP contribution in [-0.4, -0.2) is 0 Å². The maximum atomic E-state index is 2.10. The molecule has 0 aromatic heterocycles. The van der Waals surface area contributed by atoms with Gasteiger partial charge in [0.2, 0.25) is 0 Å². The van der Waals surface area contributed by atoms with Gasteiger partial charge in [0.05, 0.1) is 0 Å². The minimum atomic E-state index is 1.27. The lowest BCUT2D eigenvalue weighted by Crippen LogP contribution is -1.64. The molecule has 0 amide bonds. The topological polar surface area (TPSA) is 0 Å². The Kier molecular flexibility index (Phi) is 3.34. The van der Waals surface area contributed by atoms with Gasteiger partial charge in [-0.3, -0.25) is 0 Å². The molecule has 0 radical (unpaired) electrons. The molecule has 0 saturated heterocycles. The van der Waals surface area contributed by atoms with Gasteiger partial charge in [-0.15, -0.1) is 0 Å². The van der Waals surface area contributed by atoms with Gasteiger partial charge in [-0.2, -0.15) is 0 Å². The normalized spacial score (nSPS) is 8.83. The second-order valence-electron chi connectivity index (χ2n) is 2.92. The van der Waals surface area contributed by atoms with Crippen molar-refractivity contribution >= 4 is 0 Å². The van der Waals surface area contributed by atoms with E-state index in [2.05, 4.69) is 62.4 Å². The summed E-state index contributed by atoms with van der Waals surface area (Å²) in [6.45, 7) is 4.18. The summed E-state index contributed by atoms with van der Waals surface area (Å²) in [6, 6.07) is 16.6. The first-order valence-electron chi connectivity index (χ1n) is 4.15. The fourth-order valence-electron chi connectivity index (χ4n) is 0.940. The highest BCUT2D eigenvalue weighted by atomic mass is 13.8. The zero-order valence-corrected chi connectivity index (χ0v) is 7.62. The first-order chi connectivity index (χ1) is 5.79. The van der Waals surface area contributed by atoms with Gasteiger partial charge >= 0.3 is 0 Å². The van der Waals surface area contributed by atoms with E-state index in [0.29, 0.717) is 0 Å². The Labute approximate surface area is 74.2 Å². The molecule has 0 nitrogen and oxygen atoms in total. The molecule has 0 aliphatic heterocycles. The van der Waals surface area contributed by atoms with Crippen molar-refractivity contribution in [3.63, 3.8) is 0 Å².